The molecule has 0 bridgehead atoms. The van der Waals surface area contributed by atoms with Gasteiger partial charge in [0.25, 0.3) is 0 Å². The molecule has 0 aliphatic rings. The molecule has 0 saturated heterocycles. The van der Waals surface area contributed by atoms with Crippen molar-refractivity contribution in [3.05, 3.63) is 41.7 Å². The topological polar surface area (TPSA) is 36.7 Å². The number of pyridine rings is 1. The highest BCUT2D eigenvalue weighted by molar-refractivity contribution is 6.04. The van der Waals surface area contributed by atoms with E-state index >= 15 is 0 Å². The molecule has 0 aliphatic carbocycles. The van der Waals surface area contributed by atoms with Crippen molar-refractivity contribution in [2.24, 2.45) is 0 Å². The number of allylic oxidation sites excluding steroid dienone is 2. The second-order valence-electron chi connectivity index (χ2n) is 2.58. The number of hydrogen-bond acceptors (Lipinski definition) is 2. The van der Waals surface area contributed by atoms with E-state index in [1.807, 2.05) is 38.1 Å². The van der Waals surface area contributed by atoms with Crippen LogP contribution in [0.25, 0.3) is 0 Å². The lowest BCUT2D eigenvalue weighted by Crippen LogP contribution is -1.98. The Labute approximate surface area is 72.5 Å². The first-order valence-corrected chi connectivity index (χ1v) is 3.89. The summed E-state index contributed by atoms with van der Waals surface area (Å²) in [7, 11) is 0. The first-order valence-electron chi connectivity index (χ1n) is 3.89. The minimum absolute atomic E-state index is 0.459. The Morgan fingerprint density at radius 2 is 2.25 bits per heavy atom. The fraction of sp³-hybridized carbons (Fsp3) is 0.200. The standard InChI is InChI=1S/C10H12N2/c1-3-5-9(11)10-7-4-6-8(2)12-10/h3-7,11H,1-2H3/b5-3-,11-9?. The third kappa shape index (κ3) is 2.02. The van der Waals surface area contributed by atoms with Crippen LogP contribution in [0, 0.1) is 12.3 Å². The van der Waals surface area contributed by atoms with E-state index < -0.39 is 0 Å². The van der Waals surface area contributed by atoms with Crippen molar-refractivity contribution in [3.8, 4) is 0 Å². The maximum absolute atomic E-state index is 7.58. The molecule has 0 atom stereocenters. The molecule has 0 fully saturated rings. The number of rotatable bonds is 2. The van der Waals surface area contributed by atoms with Gasteiger partial charge in [-0.2, -0.15) is 0 Å². The van der Waals surface area contributed by atoms with Crippen LogP contribution in [0.1, 0.15) is 18.3 Å². The Kier molecular flexibility index (Phi) is 2.75. The zero-order valence-electron chi connectivity index (χ0n) is 7.33. The highest BCUT2D eigenvalue weighted by Gasteiger charge is 1.97. The minimum Gasteiger partial charge on any atom is -0.299 e. The molecule has 62 valence electrons. The van der Waals surface area contributed by atoms with Gasteiger partial charge in [-0.15, -0.1) is 0 Å². The number of nitrogens with one attached hydrogen (secondary N) is 1. The third-order valence-electron chi connectivity index (χ3n) is 1.50. The average molecular weight is 160 g/mol. The second kappa shape index (κ2) is 3.81. The Morgan fingerprint density at radius 1 is 1.50 bits per heavy atom. The van der Waals surface area contributed by atoms with Crippen molar-refractivity contribution in [2.75, 3.05) is 0 Å². The van der Waals surface area contributed by atoms with E-state index in [1.54, 1.807) is 6.08 Å². The molecule has 0 aromatic carbocycles. The monoisotopic (exact) mass is 160 g/mol. The highest BCUT2D eigenvalue weighted by atomic mass is 14.7. The summed E-state index contributed by atoms with van der Waals surface area (Å²) in [5.74, 6) is 0. The quantitative estimate of drug-likeness (QED) is 0.662. The van der Waals surface area contributed by atoms with Gasteiger partial charge in [0.2, 0.25) is 0 Å². The molecule has 1 aromatic rings. The Bertz CT molecular complexity index is 313. The van der Waals surface area contributed by atoms with Crippen molar-refractivity contribution >= 4 is 5.71 Å². The second-order valence-corrected chi connectivity index (χ2v) is 2.58. The molecule has 0 saturated carbocycles. The van der Waals surface area contributed by atoms with Gasteiger partial charge in [-0.3, -0.25) is 10.4 Å². The molecule has 0 amide bonds. The summed E-state index contributed by atoms with van der Waals surface area (Å²) in [6.45, 7) is 3.82. The summed E-state index contributed by atoms with van der Waals surface area (Å²) in [6, 6.07) is 5.68. The number of nitrogens with zero attached hydrogens (tertiary/aromatic N) is 1. The number of hydrogen-bond donors (Lipinski definition) is 1. The van der Waals surface area contributed by atoms with E-state index in [0.717, 1.165) is 11.4 Å². The Balaban J connectivity index is 2.96. The van der Waals surface area contributed by atoms with Crippen LogP contribution >= 0.6 is 0 Å². The van der Waals surface area contributed by atoms with Crippen molar-refractivity contribution in [3.63, 3.8) is 0 Å². The molecule has 0 unspecified atom stereocenters. The molecule has 1 heterocycles. The van der Waals surface area contributed by atoms with Gasteiger partial charge in [0.1, 0.15) is 0 Å². The van der Waals surface area contributed by atoms with E-state index in [-0.39, 0.29) is 0 Å². The van der Waals surface area contributed by atoms with Gasteiger partial charge in [-0.25, -0.2) is 0 Å². The van der Waals surface area contributed by atoms with Crippen LogP contribution in [0.15, 0.2) is 30.4 Å². The molecule has 1 rings (SSSR count). The Hall–Kier alpha value is -1.44. The average Bonchev–Trinajstić information content (AvgIpc) is 2.05. The lowest BCUT2D eigenvalue weighted by Gasteiger charge is -1.97. The summed E-state index contributed by atoms with van der Waals surface area (Å²) in [5, 5.41) is 7.58. The molecule has 0 spiro atoms. The lowest BCUT2D eigenvalue weighted by molar-refractivity contribution is 1.17. The Morgan fingerprint density at radius 3 is 2.83 bits per heavy atom. The first-order chi connectivity index (χ1) is 5.74. The van der Waals surface area contributed by atoms with Crippen LogP contribution in [0.4, 0.5) is 0 Å². The molecule has 12 heavy (non-hydrogen) atoms. The maximum atomic E-state index is 7.58. The van der Waals surface area contributed by atoms with E-state index in [9.17, 15) is 0 Å². The van der Waals surface area contributed by atoms with Crippen LogP contribution in [-0.4, -0.2) is 10.7 Å². The van der Waals surface area contributed by atoms with E-state index in [0.29, 0.717) is 5.71 Å². The first kappa shape index (κ1) is 8.65. The molecule has 1 aromatic heterocycles. The predicted molar refractivity (Wildman–Crippen MR) is 50.6 cm³/mol. The van der Waals surface area contributed by atoms with E-state index in [4.69, 9.17) is 5.41 Å². The van der Waals surface area contributed by atoms with Crippen LogP contribution < -0.4 is 0 Å². The van der Waals surface area contributed by atoms with Gasteiger partial charge in [0, 0.05) is 5.69 Å². The largest absolute Gasteiger partial charge is 0.299 e. The van der Waals surface area contributed by atoms with Crippen molar-refractivity contribution in [1.82, 2.24) is 4.98 Å². The SMILES string of the molecule is C/C=C\C(=N)c1cccc(C)n1. The van der Waals surface area contributed by atoms with E-state index in [2.05, 4.69) is 4.98 Å². The highest BCUT2D eigenvalue weighted by Crippen LogP contribution is 1.99. The van der Waals surface area contributed by atoms with Gasteiger partial charge >= 0.3 is 0 Å². The van der Waals surface area contributed by atoms with Gasteiger partial charge < -0.3 is 0 Å². The zero-order chi connectivity index (χ0) is 8.97. The summed E-state index contributed by atoms with van der Waals surface area (Å²) in [6.07, 6.45) is 3.58. The summed E-state index contributed by atoms with van der Waals surface area (Å²) >= 11 is 0. The third-order valence-corrected chi connectivity index (χ3v) is 1.50. The normalized spacial score (nSPS) is 10.5. The number of aromatic nitrogens is 1. The van der Waals surface area contributed by atoms with Crippen LogP contribution in [0.3, 0.4) is 0 Å². The molecular weight excluding hydrogens is 148 g/mol. The molecule has 2 heteroatoms. The van der Waals surface area contributed by atoms with Crippen molar-refractivity contribution in [1.29, 1.82) is 5.41 Å². The molecule has 0 aliphatic heterocycles. The molecule has 1 N–H and O–H groups in total. The van der Waals surface area contributed by atoms with Crippen molar-refractivity contribution < 1.29 is 0 Å². The molecular formula is C10H12N2. The predicted octanol–water partition coefficient (Wildman–Crippen LogP) is 2.33. The minimum atomic E-state index is 0.459. The van der Waals surface area contributed by atoms with E-state index in [1.165, 1.54) is 0 Å². The van der Waals surface area contributed by atoms with Gasteiger partial charge in [0.05, 0.1) is 11.4 Å². The molecule has 2 nitrogen and oxygen atoms in total. The smallest absolute Gasteiger partial charge is 0.0881 e. The molecule has 0 radical (unpaired) electrons. The van der Waals surface area contributed by atoms with Crippen LogP contribution in [-0.2, 0) is 0 Å². The van der Waals surface area contributed by atoms with Crippen molar-refractivity contribution in [2.45, 2.75) is 13.8 Å². The lowest BCUT2D eigenvalue weighted by atomic mass is 10.2. The number of aryl methyl sites for hydroxylation is 1. The summed E-state index contributed by atoms with van der Waals surface area (Å²) in [4.78, 5) is 4.22. The summed E-state index contributed by atoms with van der Waals surface area (Å²) in [5.41, 5.74) is 2.14. The van der Waals surface area contributed by atoms with Gasteiger partial charge in [-0.1, -0.05) is 12.1 Å². The fourth-order valence-corrected chi connectivity index (χ4v) is 0.945. The summed E-state index contributed by atoms with van der Waals surface area (Å²) < 4.78 is 0. The van der Waals surface area contributed by atoms with Crippen LogP contribution in [0.5, 0.6) is 0 Å². The van der Waals surface area contributed by atoms with Gasteiger partial charge in [0.15, 0.2) is 0 Å². The van der Waals surface area contributed by atoms with Gasteiger partial charge in [-0.05, 0) is 32.1 Å². The fourth-order valence-electron chi connectivity index (χ4n) is 0.945. The zero-order valence-corrected chi connectivity index (χ0v) is 7.33. The van der Waals surface area contributed by atoms with Crippen LogP contribution in [0.2, 0.25) is 0 Å². The maximum Gasteiger partial charge on any atom is 0.0881 e.